The largest absolute Gasteiger partial charge is 0.508 e. The first-order valence-electron chi connectivity index (χ1n) is 23.2. The Morgan fingerprint density at radius 1 is 1.06 bits per heavy atom. The molecule has 2 aromatic heterocycles. The topological polar surface area (TPSA) is 205 Å². The number of carbonyl (C=O) groups excluding carboxylic acids is 6. The van der Waals surface area contributed by atoms with Gasteiger partial charge in [0.25, 0.3) is 5.91 Å². The normalized spacial score (nSPS) is 19.8. The third kappa shape index (κ3) is 10.5. The first-order chi connectivity index (χ1) is 32.4. The maximum absolute atomic E-state index is 14.7. The summed E-state index contributed by atoms with van der Waals surface area (Å²) in [5.74, 6) is -3.10. The van der Waals surface area contributed by atoms with Gasteiger partial charge in [0.15, 0.2) is 0 Å². The van der Waals surface area contributed by atoms with Crippen molar-refractivity contribution in [3.05, 3.63) is 71.5 Å². The number of carbonyl (C=O) groups is 6. The van der Waals surface area contributed by atoms with Crippen LogP contribution in [-0.2, 0) is 64.2 Å². The molecule has 3 N–H and O–H groups in total. The van der Waals surface area contributed by atoms with E-state index in [1.165, 1.54) is 40.9 Å². The maximum Gasteiger partial charge on any atom is 0.410 e. The first-order valence-corrected chi connectivity index (χ1v) is 23.2. The second kappa shape index (κ2) is 20.4. The molecule has 4 atom stereocenters. The van der Waals surface area contributed by atoms with E-state index in [2.05, 4.69) is 53.2 Å². The molecule has 7 rings (SSSR count). The lowest BCUT2D eigenvalue weighted by molar-refractivity contribution is -0.155. The molecule has 18 heteroatoms. The van der Waals surface area contributed by atoms with Gasteiger partial charge in [0.05, 0.1) is 39.1 Å². The van der Waals surface area contributed by atoms with Crippen LogP contribution in [-0.4, -0.2) is 149 Å². The van der Waals surface area contributed by atoms with Gasteiger partial charge >= 0.3 is 12.1 Å². The number of pyridine rings is 1. The second-order valence-corrected chi connectivity index (χ2v) is 19.2. The number of aromatic hydroxyl groups is 1. The number of methoxy groups -OCH3 is 2. The molecule has 2 saturated heterocycles. The lowest BCUT2D eigenvalue weighted by Crippen LogP contribution is -2.62. The quantitative estimate of drug-likeness (QED) is 0.143. The van der Waals surface area contributed by atoms with Crippen molar-refractivity contribution in [2.45, 2.75) is 97.6 Å². The Labute approximate surface area is 396 Å². The van der Waals surface area contributed by atoms with E-state index in [1.807, 2.05) is 24.4 Å². The number of nitrogens with zero attached hydrogens (tertiary/aromatic N) is 6. The molecule has 5 amide bonds. The zero-order valence-corrected chi connectivity index (χ0v) is 40.5. The number of phenolic OH excluding ortho intramolecular Hbond substituents is 1. The summed E-state index contributed by atoms with van der Waals surface area (Å²) in [5, 5.41) is 16.6. The van der Waals surface area contributed by atoms with Crippen LogP contribution in [0.25, 0.3) is 33.3 Å². The predicted octanol–water partition coefficient (Wildman–Crippen LogP) is 4.28. The molecular formula is C50H64N8O10. The highest BCUT2D eigenvalue weighted by atomic mass is 16.5. The molecular weight excluding hydrogens is 873 g/mol. The van der Waals surface area contributed by atoms with Crippen LogP contribution in [0.5, 0.6) is 5.75 Å². The number of aromatic nitrogens is 2. The fourth-order valence-electron chi connectivity index (χ4n) is 9.59. The van der Waals surface area contributed by atoms with Crippen molar-refractivity contribution in [1.29, 1.82) is 0 Å². The molecule has 6 bridgehead atoms. The van der Waals surface area contributed by atoms with Crippen molar-refractivity contribution in [3.8, 4) is 28.1 Å². The minimum absolute atomic E-state index is 0.0406. The minimum Gasteiger partial charge on any atom is -0.508 e. The van der Waals surface area contributed by atoms with Crippen molar-refractivity contribution in [3.63, 3.8) is 0 Å². The Morgan fingerprint density at radius 3 is 2.53 bits per heavy atom. The van der Waals surface area contributed by atoms with E-state index in [4.69, 9.17) is 14.2 Å². The number of phenols is 1. The summed E-state index contributed by atoms with van der Waals surface area (Å²) in [7, 11) is 5.80. The number of hydrogen-bond donors (Lipinski definition) is 3. The van der Waals surface area contributed by atoms with Crippen molar-refractivity contribution < 1.29 is 48.1 Å². The molecule has 5 heterocycles. The molecule has 3 aliphatic rings. The van der Waals surface area contributed by atoms with E-state index in [0.29, 0.717) is 43.5 Å². The van der Waals surface area contributed by atoms with Gasteiger partial charge in [-0.3, -0.25) is 38.9 Å². The van der Waals surface area contributed by atoms with E-state index in [1.54, 1.807) is 39.3 Å². The number of ether oxygens (including phenoxy) is 3. The summed E-state index contributed by atoms with van der Waals surface area (Å²) < 4.78 is 18.7. The number of amides is 5. The van der Waals surface area contributed by atoms with Gasteiger partial charge < -0.3 is 39.0 Å². The maximum atomic E-state index is 14.7. The standard InChI is InChI=1S/C50H64N8O10/c1-10-56-40-14-13-31-22-35(40)36(44(56)37-24-51-16-15-32(37)27-66-8)23-50(4,5)28-68-48(64)38-12-11-17-58(53-38)46(62)39(20-30-18-33(31)21-34(59)19-30)52-45(61)43(29(2)3)55(7)42(60)26-54(6)47(63)41-25-57(41)49(65)67-9/h13-16,18-19,21-22,24,29,38-39,41,43,53,59H,10-12,17,20,23,25-28H2,1-9H3,(H,52,61)/t38-,39-,41-,43?,57?/m0/s1. The van der Waals surface area contributed by atoms with Gasteiger partial charge in [0, 0.05) is 75.0 Å². The average Bonchev–Trinajstić information content (AvgIpc) is 4.06. The van der Waals surface area contributed by atoms with Gasteiger partial charge in [-0.05, 0) is 90.3 Å². The highest BCUT2D eigenvalue weighted by Crippen LogP contribution is 2.41. The van der Waals surface area contributed by atoms with Crippen LogP contribution in [0.15, 0.2) is 54.9 Å². The lowest BCUT2D eigenvalue weighted by atomic mass is 9.84. The number of esters is 1. The fraction of sp³-hybridized carbons (Fsp3) is 0.500. The Morgan fingerprint density at radius 2 is 1.82 bits per heavy atom. The van der Waals surface area contributed by atoms with Crippen LogP contribution in [0.4, 0.5) is 4.79 Å². The molecule has 2 aromatic carbocycles. The number of benzene rings is 2. The Balaban J connectivity index is 1.26. The molecule has 18 nitrogen and oxygen atoms in total. The number of fused-ring (bicyclic) bond motifs is 6. The summed E-state index contributed by atoms with van der Waals surface area (Å²) in [6.45, 7) is 10.9. The summed E-state index contributed by atoms with van der Waals surface area (Å²) in [6, 6.07) is 9.36. The van der Waals surface area contributed by atoms with Crippen LogP contribution in [0.2, 0.25) is 0 Å². The monoisotopic (exact) mass is 936 g/mol. The Kier molecular flexibility index (Phi) is 14.8. The summed E-state index contributed by atoms with van der Waals surface area (Å²) >= 11 is 0. The van der Waals surface area contributed by atoms with Gasteiger partial charge in [-0.25, -0.2) is 10.2 Å². The van der Waals surface area contributed by atoms with Crippen molar-refractivity contribution in [2.24, 2.45) is 11.3 Å². The van der Waals surface area contributed by atoms with Gasteiger partial charge in [0.2, 0.25) is 17.7 Å². The zero-order valence-electron chi connectivity index (χ0n) is 40.5. The molecule has 0 radical (unpaired) electrons. The summed E-state index contributed by atoms with van der Waals surface area (Å²) in [5.41, 5.74) is 9.51. The van der Waals surface area contributed by atoms with Crippen molar-refractivity contribution in [1.82, 2.24) is 40.0 Å². The number of hydrogen-bond acceptors (Lipinski definition) is 12. The van der Waals surface area contributed by atoms with E-state index in [9.17, 15) is 33.9 Å². The summed E-state index contributed by atoms with van der Waals surface area (Å²) in [4.78, 5) is 90.0. The molecule has 0 saturated carbocycles. The molecule has 68 heavy (non-hydrogen) atoms. The highest BCUT2D eigenvalue weighted by molar-refractivity contribution is 5.97. The second-order valence-electron chi connectivity index (χ2n) is 19.2. The van der Waals surface area contributed by atoms with Crippen LogP contribution in [0.3, 0.4) is 0 Å². The minimum atomic E-state index is -1.22. The van der Waals surface area contributed by atoms with Crippen molar-refractivity contribution in [2.75, 3.05) is 54.6 Å². The van der Waals surface area contributed by atoms with E-state index >= 15 is 0 Å². The van der Waals surface area contributed by atoms with Gasteiger partial charge in [0.1, 0.15) is 29.9 Å². The Bertz CT molecular complexity index is 2590. The molecule has 4 aromatic rings. The SMILES string of the molecule is CCn1c(-c2cnccc2COC)c2c3cc(ccc31)-c1cc(O)cc(c1)C[C@H](NC(=O)C(C(C)C)N(C)C(=O)CN(C)C(=O)[C@@H]1CN1C(=O)OC)C(=O)N1CCC[C@H](N1)C(=O)OCC(C)(C)C2. The van der Waals surface area contributed by atoms with Crippen LogP contribution in [0, 0.1) is 11.3 Å². The predicted molar refractivity (Wildman–Crippen MR) is 253 cm³/mol. The number of cyclic esters (lactones) is 1. The fourth-order valence-corrected chi connectivity index (χ4v) is 9.59. The lowest BCUT2D eigenvalue weighted by Gasteiger charge is -2.37. The smallest absolute Gasteiger partial charge is 0.410 e. The number of hydrazine groups is 1. The molecule has 3 aliphatic heterocycles. The van der Waals surface area contributed by atoms with Crippen LogP contribution >= 0.6 is 0 Å². The van der Waals surface area contributed by atoms with Gasteiger partial charge in [-0.15, -0.1) is 0 Å². The molecule has 1 unspecified atom stereocenters. The molecule has 2 fully saturated rings. The number of aryl methyl sites for hydroxylation is 1. The third-order valence-electron chi connectivity index (χ3n) is 13.1. The summed E-state index contributed by atoms with van der Waals surface area (Å²) in [6.07, 6.45) is 4.34. The van der Waals surface area contributed by atoms with Crippen molar-refractivity contribution >= 4 is 46.6 Å². The molecule has 0 spiro atoms. The van der Waals surface area contributed by atoms with Crippen LogP contribution in [0.1, 0.15) is 64.2 Å². The van der Waals surface area contributed by atoms with E-state index < -0.39 is 71.2 Å². The van der Waals surface area contributed by atoms with Crippen LogP contribution < -0.4 is 10.7 Å². The zero-order chi connectivity index (χ0) is 49.2. The molecule has 364 valence electrons. The Hall–Kier alpha value is -6.53. The number of nitrogens with one attached hydrogen (secondary N) is 2. The third-order valence-corrected chi connectivity index (χ3v) is 13.1. The van der Waals surface area contributed by atoms with E-state index in [0.717, 1.165) is 38.9 Å². The average molecular weight is 937 g/mol. The van der Waals surface area contributed by atoms with E-state index in [-0.39, 0.29) is 38.4 Å². The first kappa shape index (κ1) is 49.4. The number of likely N-dealkylation sites (N-methyl/N-ethyl adjacent to an activating group) is 2. The van der Waals surface area contributed by atoms with Gasteiger partial charge in [-0.2, -0.15) is 0 Å². The highest BCUT2D eigenvalue weighted by Gasteiger charge is 2.47. The van der Waals surface area contributed by atoms with Gasteiger partial charge in [-0.1, -0.05) is 39.8 Å². The molecule has 0 aliphatic carbocycles. The number of rotatable bonds is 11.